The lowest BCUT2D eigenvalue weighted by Crippen LogP contribution is -2.27. The van der Waals surface area contributed by atoms with Gasteiger partial charge in [-0.15, -0.1) is 0 Å². The molecule has 0 bridgehead atoms. The molecule has 1 saturated heterocycles. The monoisotopic (exact) mass is 297 g/mol. The van der Waals surface area contributed by atoms with Crippen LogP contribution in [0.5, 0.6) is 0 Å². The van der Waals surface area contributed by atoms with Gasteiger partial charge in [-0.2, -0.15) is 0 Å². The smallest absolute Gasteiger partial charge is 0.321 e. The van der Waals surface area contributed by atoms with E-state index in [4.69, 9.17) is 0 Å². The molecular formula is C13H19N3O3S. The summed E-state index contributed by atoms with van der Waals surface area (Å²) in [6, 6.07) is 4.70. The molecule has 1 heterocycles. The van der Waals surface area contributed by atoms with Crippen molar-refractivity contribution < 1.29 is 13.2 Å². The van der Waals surface area contributed by atoms with Gasteiger partial charge in [-0.3, -0.25) is 0 Å². The number of rotatable bonds is 3. The number of urea groups is 1. The first-order valence-electron chi connectivity index (χ1n) is 6.49. The van der Waals surface area contributed by atoms with Crippen LogP contribution in [0.2, 0.25) is 0 Å². The predicted octanol–water partition coefficient (Wildman–Crippen LogP) is 1.17. The van der Waals surface area contributed by atoms with Crippen LogP contribution in [-0.2, 0) is 10.7 Å². The molecule has 0 unspecified atom stereocenters. The first-order valence-corrected chi connectivity index (χ1v) is 7.67. The lowest BCUT2D eigenvalue weighted by molar-refractivity contribution is 0.230. The maximum Gasteiger partial charge on any atom is 0.321 e. The SMILES string of the molecule is CN(C)C(=O)Nc1ccc([SH](=O)=O)c([C@H]2CCCN2)c1. The van der Waals surface area contributed by atoms with Gasteiger partial charge in [-0.1, -0.05) is 0 Å². The van der Waals surface area contributed by atoms with E-state index in [1.54, 1.807) is 32.3 Å². The molecule has 0 saturated carbocycles. The number of anilines is 1. The highest BCUT2D eigenvalue weighted by molar-refractivity contribution is 7.72. The van der Waals surface area contributed by atoms with Gasteiger partial charge in [0.1, 0.15) is 0 Å². The zero-order valence-corrected chi connectivity index (χ0v) is 12.4. The van der Waals surface area contributed by atoms with E-state index in [1.165, 1.54) is 4.90 Å². The van der Waals surface area contributed by atoms with Crippen LogP contribution in [0, 0.1) is 0 Å². The molecule has 1 aromatic rings. The van der Waals surface area contributed by atoms with Crippen LogP contribution in [0.4, 0.5) is 10.5 Å². The van der Waals surface area contributed by atoms with E-state index in [9.17, 15) is 13.2 Å². The molecule has 7 heteroatoms. The van der Waals surface area contributed by atoms with E-state index < -0.39 is 10.7 Å². The van der Waals surface area contributed by atoms with Crippen molar-refractivity contribution in [1.29, 1.82) is 0 Å². The van der Waals surface area contributed by atoms with Gasteiger partial charge < -0.3 is 15.5 Å². The summed E-state index contributed by atoms with van der Waals surface area (Å²) in [7, 11) is 0.660. The highest BCUT2D eigenvalue weighted by Crippen LogP contribution is 2.29. The molecule has 110 valence electrons. The minimum Gasteiger partial charge on any atom is -0.331 e. The number of benzene rings is 1. The molecule has 0 spiro atoms. The normalized spacial score (nSPS) is 18.2. The molecular weight excluding hydrogens is 278 g/mol. The van der Waals surface area contributed by atoms with E-state index in [0.717, 1.165) is 24.9 Å². The fraction of sp³-hybridized carbons (Fsp3) is 0.462. The van der Waals surface area contributed by atoms with Crippen molar-refractivity contribution in [3.05, 3.63) is 23.8 Å². The Morgan fingerprint density at radius 2 is 2.15 bits per heavy atom. The molecule has 1 aliphatic rings. The third kappa shape index (κ3) is 3.29. The summed E-state index contributed by atoms with van der Waals surface area (Å²) in [6.07, 6.45) is 1.93. The van der Waals surface area contributed by atoms with Crippen molar-refractivity contribution >= 4 is 22.4 Å². The van der Waals surface area contributed by atoms with E-state index in [2.05, 4.69) is 10.6 Å². The van der Waals surface area contributed by atoms with Crippen molar-refractivity contribution in [2.75, 3.05) is 26.0 Å². The van der Waals surface area contributed by atoms with Crippen LogP contribution in [0.3, 0.4) is 0 Å². The summed E-state index contributed by atoms with van der Waals surface area (Å²) in [5.74, 6) is 0. The highest BCUT2D eigenvalue weighted by Gasteiger charge is 2.21. The molecule has 1 aromatic carbocycles. The lowest BCUT2D eigenvalue weighted by atomic mass is 10.0. The number of hydrogen-bond donors (Lipinski definition) is 3. The number of nitrogens with one attached hydrogen (secondary N) is 2. The van der Waals surface area contributed by atoms with Crippen molar-refractivity contribution in [2.45, 2.75) is 23.8 Å². The van der Waals surface area contributed by atoms with E-state index in [-0.39, 0.29) is 12.1 Å². The van der Waals surface area contributed by atoms with Gasteiger partial charge in [0.15, 0.2) is 10.7 Å². The van der Waals surface area contributed by atoms with E-state index >= 15 is 0 Å². The Morgan fingerprint density at radius 3 is 2.70 bits per heavy atom. The number of carbonyl (C=O) groups is 1. The Bertz CT molecular complexity index is 570. The van der Waals surface area contributed by atoms with Crippen LogP contribution in [0.25, 0.3) is 0 Å². The predicted molar refractivity (Wildman–Crippen MR) is 77.7 cm³/mol. The average molecular weight is 297 g/mol. The second-order valence-electron chi connectivity index (χ2n) is 5.00. The Morgan fingerprint density at radius 1 is 1.40 bits per heavy atom. The van der Waals surface area contributed by atoms with Crippen LogP contribution >= 0.6 is 0 Å². The minimum atomic E-state index is -2.64. The van der Waals surface area contributed by atoms with Crippen LogP contribution in [0.15, 0.2) is 23.1 Å². The molecule has 6 nitrogen and oxygen atoms in total. The van der Waals surface area contributed by atoms with E-state index in [0.29, 0.717) is 10.6 Å². The molecule has 1 atom stereocenters. The van der Waals surface area contributed by atoms with Gasteiger partial charge >= 0.3 is 6.03 Å². The maximum atomic E-state index is 11.6. The Hall–Kier alpha value is -1.60. The Balaban J connectivity index is 2.32. The van der Waals surface area contributed by atoms with Crippen molar-refractivity contribution in [3.63, 3.8) is 0 Å². The summed E-state index contributed by atoms with van der Waals surface area (Å²) >= 11 is 0. The molecule has 0 aromatic heterocycles. The molecule has 0 aliphatic carbocycles. The van der Waals surface area contributed by atoms with Crippen LogP contribution < -0.4 is 10.6 Å². The van der Waals surface area contributed by atoms with Gasteiger partial charge in [-0.05, 0) is 43.1 Å². The molecule has 0 radical (unpaired) electrons. The summed E-state index contributed by atoms with van der Waals surface area (Å²) in [4.78, 5) is 13.4. The van der Waals surface area contributed by atoms with Crippen molar-refractivity contribution in [3.8, 4) is 0 Å². The summed E-state index contributed by atoms with van der Waals surface area (Å²) in [5.41, 5.74) is 1.34. The summed E-state index contributed by atoms with van der Waals surface area (Å²) < 4.78 is 22.7. The third-order valence-electron chi connectivity index (χ3n) is 3.32. The number of thiol groups is 1. The van der Waals surface area contributed by atoms with Crippen LogP contribution in [0.1, 0.15) is 24.4 Å². The Labute approximate surface area is 120 Å². The van der Waals surface area contributed by atoms with E-state index in [1.807, 2.05) is 0 Å². The topological polar surface area (TPSA) is 78.5 Å². The molecule has 1 aliphatic heterocycles. The van der Waals surface area contributed by atoms with Crippen molar-refractivity contribution in [2.24, 2.45) is 0 Å². The molecule has 2 N–H and O–H groups in total. The maximum absolute atomic E-state index is 11.6. The first kappa shape index (κ1) is 14.8. The molecule has 20 heavy (non-hydrogen) atoms. The molecule has 2 amide bonds. The number of nitrogens with zero attached hydrogens (tertiary/aromatic N) is 1. The number of amides is 2. The van der Waals surface area contributed by atoms with Gasteiger partial charge in [0.05, 0.1) is 4.90 Å². The molecule has 2 rings (SSSR count). The first-order chi connectivity index (χ1) is 9.49. The van der Waals surface area contributed by atoms with Gasteiger partial charge in [0.2, 0.25) is 0 Å². The quantitative estimate of drug-likeness (QED) is 0.732. The van der Waals surface area contributed by atoms with Crippen molar-refractivity contribution in [1.82, 2.24) is 10.2 Å². The van der Waals surface area contributed by atoms with Gasteiger partial charge in [-0.25, -0.2) is 13.2 Å². The fourth-order valence-corrected chi connectivity index (χ4v) is 2.89. The number of hydrogen-bond acceptors (Lipinski definition) is 4. The second-order valence-corrected chi connectivity index (χ2v) is 6.00. The molecule has 1 fully saturated rings. The lowest BCUT2D eigenvalue weighted by Gasteiger charge is -2.16. The van der Waals surface area contributed by atoms with Gasteiger partial charge in [0, 0.05) is 25.8 Å². The summed E-state index contributed by atoms with van der Waals surface area (Å²) in [6.45, 7) is 0.883. The zero-order chi connectivity index (χ0) is 14.7. The van der Waals surface area contributed by atoms with Gasteiger partial charge in [0.25, 0.3) is 0 Å². The van der Waals surface area contributed by atoms with Crippen LogP contribution in [-0.4, -0.2) is 40.0 Å². The minimum absolute atomic E-state index is 0.0362. The highest BCUT2D eigenvalue weighted by atomic mass is 32.2. The number of carbonyl (C=O) groups excluding carboxylic acids is 1. The fourth-order valence-electron chi connectivity index (χ4n) is 2.26. The third-order valence-corrected chi connectivity index (χ3v) is 4.12. The standard InChI is InChI=1S/C13H19N3O3S/c1-16(2)13(17)15-9-5-6-12(20(18)19)10(8-9)11-4-3-7-14-11/h5-6,8,11,14,20H,3-4,7H2,1-2H3,(H,15,17)/t11-/m1/s1. The largest absolute Gasteiger partial charge is 0.331 e. The summed E-state index contributed by atoms with van der Waals surface area (Å²) in [5, 5.41) is 6.01. The Kier molecular flexibility index (Phi) is 4.61. The second kappa shape index (κ2) is 6.23. The average Bonchev–Trinajstić information content (AvgIpc) is 2.91. The zero-order valence-electron chi connectivity index (χ0n) is 11.5.